The Bertz CT molecular complexity index is 562. The fourth-order valence-corrected chi connectivity index (χ4v) is 2.87. The maximum Gasteiger partial charge on any atom is 0.224 e. The minimum Gasteiger partial charge on any atom is -0.383 e. The van der Waals surface area contributed by atoms with Gasteiger partial charge in [-0.1, -0.05) is 18.2 Å². The summed E-state index contributed by atoms with van der Waals surface area (Å²) in [5, 5.41) is 3.03. The molecule has 1 amide bonds. The number of benzene rings is 1. The molecular weight excluding hydrogens is 445 g/mol. The quantitative estimate of drug-likeness (QED) is 0.353. The number of guanidine groups is 1. The fraction of sp³-hybridized carbons (Fsp3) is 0.556. The lowest BCUT2D eigenvalue weighted by Crippen LogP contribution is -2.49. The predicted octanol–water partition coefficient (Wildman–Crippen LogP) is 1.28. The smallest absolute Gasteiger partial charge is 0.224 e. The van der Waals surface area contributed by atoms with E-state index in [1.54, 1.807) is 7.11 Å². The summed E-state index contributed by atoms with van der Waals surface area (Å²) in [6, 6.07) is 10.4. The average Bonchev–Trinajstić information content (AvgIpc) is 2.62. The highest BCUT2D eigenvalue weighted by molar-refractivity contribution is 14.0. The van der Waals surface area contributed by atoms with Crippen molar-refractivity contribution in [2.45, 2.75) is 19.4 Å². The fourth-order valence-electron chi connectivity index (χ4n) is 2.87. The van der Waals surface area contributed by atoms with Gasteiger partial charge < -0.3 is 25.6 Å². The van der Waals surface area contributed by atoms with Crippen LogP contribution >= 0.6 is 24.0 Å². The summed E-state index contributed by atoms with van der Waals surface area (Å²) in [5.41, 5.74) is 7.02. The molecule has 1 atom stereocenters. The molecule has 1 aromatic rings. The zero-order valence-corrected chi connectivity index (χ0v) is 17.9. The van der Waals surface area contributed by atoms with Crippen LogP contribution in [0.15, 0.2) is 35.3 Å². The number of nitrogens with zero attached hydrogens (tertiary/aromatic N) is 3. The highest BCUT2D eigenvalue weighted by Crippen LogP contribution is 2.15. The van der Waals surface area contributed by atoms with Gasteiger partial charge in [0.2, 0.25) is 5.91 Å². The van der Waals surface area contributed by atoms with Crippen molar-refractivity contribution in [3.63, 3.8) is 0 Å². The Morgan fingerprint density at radius 1 is 1.27 bits per heavy atom. The number of aliphatic imine (C=N–C) groups is 1. The predicted molar refractivity (Wildman–Crippen MR) is 116 cm³/mol. The second-order valence-corrected chi connectivity index (χ2v) is 6.22. The number of halogens is 1. The lowest BCUT2D eigenvalue weighted by molar-refractivity contribution is -0.131. The van der Waals surface area contributed by atoms with Crippen molar-refractivity contribution in [2.24, 2.45) is 10.7 Å². The van der Waals surface area contributed by atoms with Gasteiger partial charge in [0.1, 0.15) is 0 Å². The van der Waals surface area contributed by atoms with Crippen LogP contribution in [-0.2, 0) is 9.53 Å². The van der Waals surface area contributed by atoms with Gasteiger partial charge in [-0.15, -0.1) is 24.0 Å². The van der Waals surface area contributed by atoms with Gasteiger partial charge in [-0.3, -0.25) is 9.79 Å². The van der Waals surface area contributed by atoms with E-state index in [9.17, 15) is 4.79 Å². The van der Waals surface area contributed by atoms with Gasteiger partial charge >= 0.3 is 0 Å². The maximum absolute atomic E-state index is 12.3. The second-order valence-electron chi connectivity index (χ2n) is 6.22. The van der Waals surface area contributed by atoms with Crippen LogP contribution in [0.5, 0.6) is 0 Å². The maximum atomic E-state index is 12.3. The van der Waals surface area contributed by atoms with E-state index < -0.39 is 0 Å². The van der Waals surface area contributed by atoms with Gasteiger partial charge in [-0.2, -0.15) is 0 Å². The van der Waals surface area contributed by atoms with E-state index >= 15 is 0 Å². The van der Waals surface area contributed by atoms with E-state index in [2.05, 4.69) is 27.3 Å². The number of amides is 1. The van der Waals surface area contributed by atoms with Crippen molar-refractivity contribution in [3.05, 3.63) is 30.3 Å². The third-order valence-corrected chi connectivity index (χ3v) is 4.17. The van der Waals surface area contributed by atoms with Gasteiger partial charge in [-0.25, -0.2) is 0 Å². The van der Waals surface area contributed by atoms with Crippen molar-refractivity contribution in [3.8, 4) is 0 Å². The number of hydrogen-bond acceptors (Lipinski definition) is 4. The first kappa shape index (κ1) is 22.5. The number of nitrogens with one attached hydrogen (secondary N) is 1. The molecule has 1 aromatic carbocycles. The molecule has 8 heteroatoms. The van der Waals surface area contributed by atoms with Gasteiger partial charge in [0.05, 0.1) is 13.2 Å². The number of anilines is 1. The summed E-state index contributed by atoms with van der Waals surface area (Å²) >= 11 is 0. The molecule has 146 valence electrons. The first-order chi connectivity index (χ1) is 12.1. The molecule has 1 heterocycles. The Kier molecular flexibility index (Phi) is 10.3. The number of hydrogen-bond donors (Lipinski definition) is 2. The highest BCUT2D eigenvalue weighted by atomic mass is 127. The van der Waals surface area contributed by atoms with E-state index in [0.717, 1.165) is 26.2 Å². The van der Waals surface area contributed by atoms with Crippen LogP contribution in [0.1, 0.15) is 13.3 Å². The molecule has 0 spiro atoms. The standard InChI is InChI=1S/C18H29N5O2.HI/c1-15(14-25-2)21-18(19)20-9-8-17(24)23-12-10-22(11-13-23)16-6-4-3-5-7-16;/h3-7,15H,8-14H2,1-2H3,(H3,19,20,21);1H. The zero-order valence-electron chi connectivity index (χ0n) is 15.6. The number of ether oxygens (including phenoxy) is 1. The van der Waals surface area contributed by atoms with Crippen LogP contribution < -0.4 is 16.0 Å². The SMILES string of the molecule is COCC(C)NC(N)=NCCC(=O)N1CCN(c2ccccc2)CC1.I. The van der Waals surface area contributed by atoms with Crippen LogP contribution in [0.4, 0.5) is 5.69 Å². The third kappa shape index (κ3) is 7.36. The molecule has 1 aliphatic rings. The molecule has 1 aliphatic heterocycles. The number of piperazine rings is 1. The van der Waals surface area contributed by atoms with E-state index in [4.69, 9.17) is 10.5 Å². The number of carbonyl (C=O) groups is 1. The second kappa shape index (κ2) is 11.9. The van der Waals surface area contributed by atoms with Crippen molar-refractivity contribution < 1.29 is 9.53 Å². The van der Waals surface area contributed by atoms with Crippen LogP contribution in [0.25, 0.3) is 0 Å². The molecule has 0 aromatic heterocycles. The molecule has 1 saturated heterocycles. The molecule has 0 saturated carbocycles. The van der Waals surface area contributed by atoms with E-state index in [1.807, 2.05) is 30.0 Å². The molecule has 0 radical (unpaired) electrons. The van der Waals surface area contributed by atoms with Gasteiger partial charge in [0.25, 0.3) is 0 Å². The highest BCUT2D eigenvalue weighted by Gasteiger charge is 2.20. The molecule has 2 rings (SSSR count). The number of carbonyl (C=O) groups excluding carboxylic acids is 1. The first-order valence-electron chi connectivity index (χ1n) is 8.73. The zero-order chi connectivity index (χ0) is 18.1. The van der Waals surface area contributed by atoms with Crippen LogP contribution in [-0.4, -0.2) is 69.2 Å². The van der Waals surface area contributed by atoms with Crippen LogP contribution in [0.2, 0.25) is 0 Å². The average molecular weight is 475 g/mol. The Balaban J connectivity index is 0.00000338. The van der Waals surface area contributed by atoms with E-state index in [0.29, 0.717) is 25.5 Å². The molecule has 7 nitrogen and oxygen atoms in total. The lowest BCUT2D eigenvalue weighted by Gasteiger charge is -2.36. The summed E-state index contributed by atoms with van der Waals surface area (Å²) in [7, 11) is 1.64. The Morgan fingerprint density at radius 2 is 1.92 bits per heavy atom. The molecule has 1 fully saturated rings. The number of para-hydroxylation sites is 1. The molecule has 3 N–H and O–H groups in total. The summed E-state index contributed by atoms with van der Waals surface area (Å²) < 4.78 is 5.03. The third-order valence-electron chi connectivity index (χ3n) is 4.17. The number of nitrogens with two attached hydrogens (primary N) is 1. The first-order valence-corrected chi connectivity index (χ1v) is 8.73. The number of rotatable bonds is 7. The summed E-state index contributed by atoms with van der Waals surface area (Å²) in [4.78, 5) is 20.7. The van der Waals surface area contributed by atoms with Crippen molar-refractivity contribution in [1.29, 1.82) is 0 Å². The largest absolute Gasteiger partial charge is 0.383 e. The summed E-state index contributed by atoms with van der Waals surface area (Å²) in [5.74, 6) is 0.487. The minimum atomic E-state index is 0. The van der Waals surface area contributed by atoms with Crippen molar-refractivity contribution in [1.82, 2.24) is 10.2 Å². The van der Waals surface area contributed by atoms with Gasteiger partial charge in [0.15, 0.2) is 5.96 Å². The molecule has 26 heavy (non-hydrogen) atoms. The van der Waals surface area contributed by atoms with E-state index in [1.165, 1.54) is 5.69 Å². The molecular formula is C18H30IN5O2. The van der Waals surface area contributed by atoms with E-state index in [-0.39, 0.29) is 35.9 Å². The Hall–Kier alpha value is -1.55. The summed E-state index contributed by atoms with van der Waals surface area (Å²) in [6.07, 6.45) is 0.381. The van der Waals surface area contributed by atoms with Crippen LogP contribution in [0, 0.1) is 0 Å². The molecule has 0 aliphatic carbocycles. The monoisotopic (exact) mass is 475 g/mol. The summed E-state index contributed by atoms with van der Waals surface area (Å²) in [6.45, 7) is 6.13. The number of methoxy groups -OCH3 is 1. The normalized spacial score (nSPS) is 16.0. The van der Waals surface area contributed by atoms with Crippen molar-refractivity contribution in [2.75, 3.05) is 51.3 Å². The van der Waals surface area contributed by atoms with Crippen molar-refractivity contribution >= 4 is 41.5 Å². The van der Waals surface area contributed by atoms with Gasteiger partial charge in [0, 0.05) is 51.4 Å². The lowest BCUT2D eigenvalue weighted by atomic mass is 10.2. The van der Waals surface area contributed by atoms with Crippen LogP contribution in [0.3, 0.4) is 0 Å². The molecule has 1 unspecified atom stereocenters. The Morgan fingerprint density at radius 3 is 2.54 bits per heavy atom. The molecule has 0 bridgehead atoms. The van der Waals surface area contributed by atoms with Gasteiger partial charge in [-0.05, 0) is 19.1 Å². The Labute approximate surface area is 173 Å². The minimum absolute atomic E-state index is 0. The topological polar surface area (TPSA) is 83.2 Å².